The van der Waals surface area contributed by atoms with Crippen LogP contribution in [-0.2, 0) is 14.3 Å². The number of unbranched alkanes of at least 4 members (excludes halogenated alkanes) is 3. The zero-order valence-corrected chi connectivity index (χ0v) is 20.3. The molecule has 0 radical (unpaired) electrons. The highest BCUT2D eigenvalue weighted by molar-refractivity contribution is 9.09. The van der Waals surface area contributed by atoms with E-state index in [0.717, 1.165) is 31.0 Å². The number of ether oxygens (including phenoxy) is 1. The number of allylic oxidation sites excluding steroid dienone is 4. The Morgan fingerprint density at radius 3 is 2.70 bits per heavy atom. The monoisotopic (exact) mass is 476 g/mol. The Bertz CT molecular complexity index is 751. The van der Waals surface area contributed by atoms with Crippen LogP contribution in [0.15, 0.2) is 22.8 Å². The second-order valence-corrected chi connectivity index (χ2v) is 11.1. The number of carbonyl (C=O) groups is 2. The molecule has 0 aliphatic heterocycles. The van der Waals surface area contributed by atoms with Crippen LogP contribution in [0.1, 0.15) is 90.9 Å². The van der Waals surface area contributed by atoms with Gasteiger partial charge in [0.05, 0.1) is 0 Å². The molecule has 4 heteroatoms. The first-order chi connectivity index (χ1) is 14.4. The van der Waals surface area contributed by atoms with E-state index in [1.54, 1.807) is 18.1 Å². The van der Waals surface area contributed by atoms with Gasteiger partial charge in [0.1, 0.15) is 6.10 Å². The van der Waals surface area contributed by atoms with Crippen molar-refractivity contribution in [2.24, 2.45) is 23.2 Å². The minimum Gasteiger partial charge on any atom is -0.462 e. The van der Waals surface area contributed by atoms with E-state index < -0.39 is 0 Å². The summed E-state index contributed by atoms with van der Waals surface area (Å²) < 4.78 is 5.87. The summed E-state index contributed by atoms with van der Waals surface area (Å²) in [4.78, 5) is 23.9. The van der Waals surface area contributed by atoms with Crippen LogP contribution in [0.3, 0.4) is 0 Å². The summed E-state index contributed by atoms with van der Waals surface area (Å²) in [6.45, 7) is 3.97. The maximum atomic E-state index is 12.1. The van der Waals surface area contributed by atoms with Gasteiger partial charge in [0.25, 0.3) is 0 Å². The first-order valence-corrected chi connectivity index (χ1v) is 13.3. The molecule has 0 aromatic rings. The second kappa shape index (κ2) is 9.30. The van der Waals surface area contributed by atoms with E-state index in [0.29, 0.717) is 30.0 Å². The second-order valence-electron chi connectivity index (χ2n) is 10.3. The number of fused-ring (bicyclic) bond motifs is 4. The third-order valence-corrected chi connectivity index (χ3v) is 9.06. The van der Waals surface area contributed by atoms with Crippen molar-refractivity contribution >= 4 is 27.7 Å². The van der Waals surface area contributed by atoms with Crippen LogP contribution in [0, 0.1) is 23.2 Å². The topological polar surface area (TPSA) is 43.4 Å². The molecule has 2 fully saturated rings. The fourth-order valence-electron chi connectivity index (χ4n) is 7.28. The molecule has 0 heterocycles. The lowest BCUT2D eigenvalue weighted by molar-refractivity contribution is -0.154. The highest BCUT2D eigenvalue weighted by Gasteiger charge is 2.57. The van der Waals surface area contributed by atoms with Gasteiger partial charge in [0, 0.05) is 24.1 Å². The van der Waals surface area contributed by atoms with Crippen LogP contribution in [0.2, 0.25) is 0 Å². The van der Waals surface area contributed by atoms with Crippen molar-refractivity contribution in [1.82, 2.24) is 0 Å². The molecule has 4 aliphatic carbocycles. The molecule has 0 unspecified atom stereocenters. The van der Waals surface area contributed by atoms with E-state index in [4.69, 9.17) is 4.74 Å². The first-order valence-electron chi connectivity index (χ1n) is 12.1. The Hall–Kier alpha value is -0.900. The molecule has 0 bridgehead atoms. The number of esters is 1. The van der Waals surface area contributed by atoms with Gasteiger partial charge in [-0.3, -0.25) is 9.59 Å². The molecule has 4 rings (SSSR count). The predicted octanol–water partition coefficient (Wildman–Crippen LogP) is 6.70. The highest BCUT2D eigenvalue weighted by atomic mass is 79.9. The maximum Gasteiger partial charge on any atom is 0.302 e. The molecule has 5 atom stereocenters. The Morgan fingerprint density at radius 1 is 1.13 bits per heavy atom. The number of alkyl halides is 1. The molecule has 0 aromatic carbocycles. The molecule has 30 heavy (non-hydrogen) atoms. The lowest BCUT2D eigenvalue weighted by Gasteiger charge is -2.52. The largest absolute Gasteiger partial charge is 0.462 e. The SMILES string of the molecule is CC(=O)O[C@H]1CC[C@H]2[C@@H]3CCC4=CC(=O)CCC4=C3[C@@H](CCCCCCBr)C[C@]12C. The first kappa shape index (κ1) is 22.3. The summed E-state index contributed by atoms with van der Waals surface area (Å²) >= 11 is 3.55. The van der Waals surface area contributed by atoms with Crippen LogP contribution in [0.5, 0.6) is 0 Å². The van der Waals surface area contributed by atoms with Gasteiger partial charge in [-0.1, -0.05) is 47.7 Å². The Kier molecular flexibility index (Phi) is 6.91. The average molecular weight is 477 g/mol. The molecule has 0 N–H and O–H groups in total. The van der Waals surface area contributed by atoms with E-state index in [9.17, 15) is 9.59 Å². The number of ketones is 1. The Balaban J connectivity index is 1.63. The third kappa shape index (κ3) is 4.23. The molecule has 166 valence electrons. The molecule has 0 saturated heterocycles. The summed E-state index contributed by atoms with van der Waals surface area (Å²) in [6.07, 6.45) is 15.6. The van der Waals surface area contributed by atoms with Gasteiger partial charge >= 0.3 is 5.97 Å². The lowest BCUT2D eigenvalue weighted by Crippen LogP contribution is -2.46. The van der Waals surface area contributed by atoms with Crippen molar-refractivity contribution in [3.05, 3.63) is 22.8 Å². The summed E-state index contributed by atoms with van der Waals surface area (Å²) in [5, 5.41) is 1.10. The van der Waals surface area contributed by atoms with Crippen molar-refractivity contribution in [3.63, 3.8) is 0 Å². The lowest BCUT2D eigenvalue weighted by atomic mass is 9.53. The summed E-state index contributed by atoms with van der Waals surface area (Å²) in [5.74, 6) is 2.02. The molecule has 3 nitrogen and oxygen atoms in total. The summed E-state index contributed by atoms with van der Waals surface area (Å²) in [7, 11) is 0. The number of hydrogen-bond donors (Lipinski definition) is 0. The maximum absolute atomic E-state index is 12.1. The van der Waals surface area contributed by atoms with Crippen molar-refractivity contribution in [2.75, 3.05) is 5.33 Å². The van der Waals surface area contributed by atoms with Crippen LogP contribution in [0.25, 0.3) is 0 Å². The standard InChI is InChI=1S/C26H37BrO3/c1-17(28)30-24-13-12-23-22-10-8-18-15-20(29)9-11-21(18)25(22)19(16-26(23,24)2)7-5-3-4-6-14-27/h15,19,22-24H,3-14,16H2,1-2H3/t19-,22-,23-,24-,26-/m0/s1. The van der Waals surface area contributed by atoms with Gasteiger partial charge in [-0.05, 0) is 86.3 Å². The van der Waals surface area contributed by atoms with E-state index >= 15 is 0 Å². The molecular weight excluding hydrogens is 440 g/mol. The minimum atomic E-state index is -0.128. The fraction of sp³-hybridized carbons (Fsp3) is 0.769. The summed E-state index contributed by atoms with van der Waals surface area (Å²) in [5.41, 5.74) is 4.72. The third-order valence-electron chi connectivity index (χ3n) is 8.50. The quantitative estimate of drug-likeness (QED) is 0.233. The van der Waals surface area contributed by atoms with Crippen molar-refractivity contribution in [3.8, 4) is 0 Å². The normalized spacial score (nSPS) is 35.4. The Morgan fingerprint density at radius 2 is 1.93 bits per heavy atom. The van der Waals surface area contributed by atoms with Gasteiger partial charge < -0.3 is 4.74 Å². The zero-order valence-electron chi connectivity index (χ0n) is 18.7. The van der Waals surface area contributed by atoms with Crippen molar-refractivity contribution < 1.29 is 14.3 Å². The van der Waals surface area contributed by atoms with Crippen LogP contribution >= 0.6 is 15.9 Å². The van der Waals surface area contributed by atoms with Crippen molar-refractivity contribution in [2.45, 2.75) is 97.0 Å². The highest BCUT2D eigenvalue weighted by Crippen LogP contribution is 2.63. The minimum absolute atomic E-state index is 0.0762. The van der Waals surface area contributed by atoms with Crippen LogP contribution < -0.4 is 0 Å². The Labute approximate surface area is 190 Å². The number of rotatable bonds is 7. The molecular formula is C26H37BrO3. The molecule has 0 aromatic heterocycles. The number of halogens is 1. The average Bonchev–Trinajstić information content (AvgIpc) is 3.02. The van der Waals surface area contributed by atoms with Gasteiger partial charge in [0.15, 0.2) is 5.78 Å². The number of carbonyl (C=O) groups excluding carboxylic acids is 2. The van der Waals surface area contributed by atoms with Crippen LogP contribution in [0.4, 0.5) is 0 Å². The molecule has 4 aliphatic rings. The van der Waals surface area contributed by atoms with E-state index in [1.165, 1.54) is 50.5 Å². The van der Waals surface area contributed by atoms with Crippen molar-refractivity contribution in [1.29, 1.82) is 0 Å². The molecule has 0 spiro atoms. The van der Waals surface area contributed by atoms with Crippen LogP contribution in [-0.4, -0.2) is 23.2 Å². The van der Waals surface area contributed by atoms with E-state index in [1.807, 2.05) is 6.08 Å². The van der Waals surface area contributed by atoms with E-state index in [2.05, 4.69) is 22.9 Å². The van der Waals surface area contributed by atoms with Gasteiger partial charge in [-0.25, -0.2) is 0 Å². The van der Waals surface area contributed by atoms with Gasteiger partial charge in [-0.15, -0.1) is 0 Å². The smallest absolute Gasteiger partial charge is 0.302 e. The molecule has 0 amide bonds. The fourth-order valence-corrected chi connectivity index (χ4v) is 7.67. The number of hydrogen-bond acceptors (Lipinski definition) is 3. The zero-order chi connectivity index (χ0) is 21.3. The predicted molar refractivity (Wildman–Crippen MR) is 123 cm³/mol. The summed E-state index contributed by atoms with van der Waals surface area (Å²) in [6, 6.07) is 0. The van der Waals surface area contributed by atoms with Gasteiger partial charge in [0.2, 0.25) is 0 Å². The van der Waals surface area contributed by atoms with E-state index in [-0.39, 0.29) is 17.5 Å². The molecule has 2 saturated carbocycles. The van der Waals surface area contributed by atoms with Gasteiger partial charge in [-0.2, -0.15) is 0 Å².